The van der Waals surface area contributed by atoms with Gasteiger partial charge in [0.1, 0.15) is 5.78 Å². The molecule has 0 unspecified atom stereocenters. The van der Waals surface area contributed by atoms with Gasteiger partial charge in [0.05, 0.1) is 6.42 Å². The lowest BCUT2D eigenvalue weighted by molar-refractivity contribution is -0.119. The minimum Gasteiger partial charge on any atom is -0.299 e. The van der Waals surface area contributed by atoms with E-state index in [-0.39, 0.29) is 23.9 Å². The Labute approximate surface area is 102 Å². The summed E-state index contributed by atoms with van der Waals surface area (Å²) in [5.74, 6) is 0.265. The van der Waals surface area contributed by atoms with Crippen molar-refractivity contribution in [2.75, 3.05) is 0 Å². The topological polar surface area (TPSA) is 34.1 Å². The zero-order valence-corrected chi connectivity index (χ0v) is 10.7. The van der Waals surface area contributed by atoms with Crippen LogP contribution < -0.4 is 0 Å². The van der Waals surface area contributed by atoms with Crippen LogP contribution in [0, 0.1) is 26.7 Å². The summed E-state index contributed by atoms with van der Waals surface area (Å²) in [7, 11) is 0. The van der Waals surface area contributed by atoms with Crippen molar-refractivity contribution in [2.45, 2.75) is 40.0 Å². The molecule has 17 heavy (non-hydrogen) atoms. The number of benzene rings is 1. The highest BCUT2D eigenvalue weighted by Crippen LogP contribution is 2.31. The number of Topliss-reactive ketones (excluding diaryl/α,β-unsaturated/α-hetero) is 2. The molecule has 1 aromatic rings. The van der Waals surface area contributed by atoms with Gasteiger partial charge in [0.2, 0.25) is 0 Å². The van der Waals surface area contributed by atoms with E-state index in [1.807, 2.05) is 32.9 Å². The van der Waals surface area contributed by atoms with Gasteiger partial charge in [-0.15, -0.1) is 0 Å². The summed E-state index contributed by atoms with van der Waals surface area (Å²) < 4.78 is 0. The van der Waals surface area contributed by atoms with Crippen LogP contribution in [0.4, 0.5) is 0 Å². The van der Waals surface area contributed by atoms with E-state index in [1.54, 1.807) is 0 Å². The summed E-state index contributed by atoms with van der Waals surface area (Å²) >= 11 is 0. The Balaban J connectivity index is 2.19. The van der Waals surface area contributed by atoms with Gasteiger partial charge in [0, 0.05) is 11.5 Å². The number of hydrogen-bond donors (Lipinski definition) is 0. The van der Waals surface area contributed by atoms with Crippen LogP contribution in [0.25, 0.3) is 0 Å². The number of hydrogen-bond acceptors (Lipinski definition) is 2. The zero-order valence-electron chi connectivity index (χ0n) is 10.7. The van der Waals surface area contributed by atoms with Crippen LogP contribution in [0.1, 0.15) is 46.3 Å². The smallest absolute Gasteiger partial charge is 0.170 e. The Kier molecular flexibility index (Phi) is 3.14. The second kappa shape index (κ2) is 4.44. The van der Waals surface area contributed by atoms with Crippen molar-refractivity contribution in [3.8, 4) is 0 Å². The average molecular weight is 230 g/mol. The Morgan fingerprint density at radius 2 is 1.76 bits per heavy atom. The van der Waals surface area contributed by atoms with Crippen LogP contribution in [-0.4, -0.2) is 11.6 Å². The lowest BCUT2D eigenvalue weighted by Gasteiger charge is -2.09. The second-order valence-electron chi connectivity index (χ2n) is 5.02. The first-order valence-corrected chi connectivity index (χ1v) is 6.13. The molecule has 0 atom stereocenters. The molecule has 0 saturated heterocycles. The molecule has 0 bridgehead atoms. The first-order valence-electron chi connectivity index (χ1n) is 6.13. The van der Waals surface area contributed by atoms with Gasteiger partial charge in [-0.2, -0.15) is 0 Å². The van der Waals surface area contributed by atoms with Gasteiger partial charge in [-0.1, -0.05) is 12.1 Å². The molecule has 0 radical (unpaired) electrons. The number of aryl methyl sites for hydroxylation is 1. The summed E-state index contributed by atoms with van der Waals surface area (Å²) in [6, 6.07) is 3.80. The number of carbonyl (C=O) groups is 2. The molecule has 0 N–H and O–H groups in total. The van der Waals surface area contributed by atoms with E-state index in [1.165, 1.54) is 5.56 Å². The van der Waals surface area contributed by atoms with E-state index in [0.29, 0.717) is 5.56 Å². The van der Waals surface area contributed by atoms with Crippen molar-refractivity contribution in [3.63, 3.8) is 0 Å². The molecule has 1 fully saturated rings. The summed E-state index contributed by atoms with van der Waals surface area (Å²) in [4.78, 5) is 23.7. The highest BCUT2D eigenvalue weighted by molar-refractivity contribution is 6.09. The molecule has 2 heteroatoms. The summed E-state index contributed by atoms with van der Waals surface area (Å²) in [6.45, 7) is 6.01. The minimum atomic E-state index is -0.0255. The van der Waals surface area contributed by atoms with Gasteiger partial charge in [-0.25, -0.2) is 0 Å². The van der Waals surface area contributed by atoms with Crippen LogP contribution in [0.2, 0.25) is 0 Å². The predicted octanol–water partition coefficient (Wildman–Crippen LogP) is 3.16. The molecule has 2 nitrogen and oxygen atoms in total. The maximum absolute atomic E-state index is 12.1. The average Bonchev–Trinajstić information content (AvgIpc) is 3.09. The monoisotopic (exact) mass is 230 g/mol. The van der Waals surface area contributed by atoms with Crippen molar-refractivity contribution in [1.29, 1.82) is 0 Å². The maximum atomic E-state index is 12.1. The molecule has 1 aromatic carbocycles. The van der Waals surface area contributed by atoms with Gasteiger partial charge in [-0.3, -0.25) is 9.59 Å². The largest absolute Gasteiger partial charge is 0.299 e. The molecular weight excluding hydrogens is 212 g/mol. The fourth-order valence-corrected chi connectivity index (χ4v) is 2.06. The van der Waals surface area contributed by atoms with Crippen LogP contribution in [0.5, 0.6) is 0 Å². The van der Waals surface area contributed by atoms with E-state index in [0.717, 1.165) is 24.0 Å². The Hall–Kier alpha value is -1.44. The highest BCUT2D eigenvalue weighted by Gasteiger charge is 2.31. The molecule has 1 aliphatic rings. The fourth-order valence-electron chi connectivity index (χ4n) is 2.06. The van der Waals surface area contributed by atoms with E-state index < -0.39 is 0 Å². The predicted molar refractivity (Wildman–Crippen MR) is 67.3 cm³/mol. The Morgan fingerprint density at radius 1 is 1.12 bits per heavy atom. The van der Waals surface area contributed by atoms with Crippen molar-refractivity contribution in [1.82, 2.24) is 0 Å². The number of rotatable bonds is 4. The van der Waals surface area contributed by atoms with Crippen LogP contribution in [-0.2, 0) is 4.79 Å². The van der Waals surface area contributed by atoms with Crippen LogP contribution in [0.3, 0.4) is 0 Å². The van der Waals surface area contributed by atoms with E-state index >= 15 is 0 Å². The molecule has 1 saturated carbocycles. The van der Waals surface area contributed by atoms with Gasteiger partial charge < -0.3 is 0 Å². The molecule has 2 rings (SSSR count). The van der Waals surface area contributed by atoms with Gasteiger partial charge >= 0.3 is 0 Å². The first-order chi connectivity index (χ1) is 8.00. The molecule has 0 aromatic heterocycles. The van der Waals surface area contributed by atoms with Gasteiger partial charge in [0.25, 0.3) is 0 Å². The fraction of sp³-hybridized carbons (Fsp3) is 0.467. The second-order valence-corrected chi connectivity index (χ2v) is 5.02. The van der Waals surface area contributed by atoms with E-state index in [2.05, 4.69) is 0 Å². The molecule has 90 valence electrons. The SMILES string of the molecule is Cc1ccc(C(=O)CC(=O)C2CC2)c(C)c1C. The zero-order chi connectivity index (χ0) is 12.6. The quantitative estimate of drug-likeness (QED) is 0.588. The van der Waals surface area contributed by atoms with Crippen molar-refractivity contribution in [2.24, 2.45) is 5.92 Å². The van der Waals surface area contributed by atoms with Gasteiger partial charge in [-0.05, 0) is 50.3 Å². The maximum Gasteiger partial charge on any atom is 0.170 e. The molecule has 0 heterocycles. The summed E-state index contributed by atoms with van der Waals surface area (Å²) in [5, 5.41) is 0. The van der Waals surface area contributed by atoms with Crippen molar-refractivity contribution < 1.29 is 9.59 Å². The molecule has 0 spiro atoms. The third-order valence-corrected chi connectivity index (χ3v) is 3.73. The minimum absolute atomic E-state index is 0.0255. The lowest BCUT2D eigenvalue weighted by atomic mass is 9.94. The Bertz CT molecular complexity index is 482. The third-order valence-electron chi connectivity index (χ3n) is 3.73. The first kappa shape index (κ1) is 12.0. The van der Waals surface area contributed by atoms with E-state index in [9.17, 15) is 9.59 Å². The lowest BCUT2D eigenvalue weighted by Crippen LogP contribution is -2.11. The summed E-state index contributed by atoms with van der Waals surface area (Å²) in [6.07, 6.45) is 2.02. The number of carbonyl (C=O) groups excluding carboxylic acids is 2. The van der Waals surface area contributed by atoms with Crippen molar-refractivity contribution >= 4 is 11.6 Å². The standard InChI is InChI=1S/C15H18O2/c1-9-4-7-13(11(3)10(9)2)15(17)8-14(16)12-5-6-12/h4,7,12H,5-6,8H2,1-3H3. The van der Waals surface area contributed by atoms with Crippen molar-refractivity contribution in [3.05, 3.63) is 34.4 Å². The van der Waals surface area contributed by atoms with Crippen LogP contribution >= 0.6 is 0 Å². The van der Waals surface area contributed by atoms with Crippen LogP contribution in [0.15, 0.2) is 12.1 Å². The molecule has 1 aliphatic carbocycles. The highest BCUT2D eigenvalue weighted by atomic mass is 16.1. The Morgan fingerprint density at radius 3 is 2.35 bits per heavy atom. The van der Waals surface area contributed by atoms with Gasteiger partial charge in [0.15, 0.2) is 5.78 Å². The molecule has 0 aliphatic heterocycles. The molecule has 0 amide bonds. The third kappa shape index (κ3) is 2.46. The van der Waals surface area contributed by atoms with E-state index in [4.69, 9.17) is 0 Å². The summed E-state index contributed by atoms with van der Waals surface area (Å²) in [5.41, 5.74) is 4.06. The molecular formula is C15H18O2. The number of ketones is 2. The normalized spacial score (nSPS) is 14.8.